The lowest BCUT2D eigenvalue weighted by atomic mass is 9.65. The van der Waals surface area contributed by atoms with Crippen LogP contribution in [0.3, 0.4) is 0 Å². The van der Waals surface area contributed by atoms with Crippen LogP contribution in [-0.2, 0) is 16.8 Å². The number of anilines is 1. The Kier molecular flexibility index (Phi) is 9.37. The molecule has 2 fully saturated rings. The molecule has 1 heterocycles. The van der Waals surface area contributed by atoms with Crippen LogP contribution in [0.15, 0.2) is 60.7 Å². The lowest BCUT2D eigenvalue weighted by molar-refractivity contribution is -0.132. The van der Waals surface area contributed by atoms with Crippen LogP contribution in [0.2, 0.25) is 5.02 Å². The normalized spacial score (nSPS) is 21.2. The molecule has 0 spiro atoms. The molecular formula is C32H35ClF2N4O4. The number of nitrogens with one attached hydrogen (secondary N) is 3. The van der Waals surface area contributed by atoms with Gasteiger partial charge in [-0.05, 0) is 73.2 Å². The van der Waals surface area contributed by atoms with Gasteiger partial charge in [0.2, 0.25) is 5.91 Å². The van der Waals surface area contributed by atoms with Gasteiger partial charge in [-0.25, -0.2) is 13.6 Å². The number of halogens is 3. The fourth-order valence-corrected chi connectivity index (χ4v) is 6.53. The van der Waals surface area contributed by atoms with Gasteiger partial charge in [-0.2, -0.15) is 0 Å². The first-order chi connectivity index (χ1) is 20.7. The Morgan fingerprint density at radius 2 is 1.74 bits per heavy atom. The van der Waals surface area contributed by atoms with Crippen LogP contribution in [0, 0.1) is 11.6 Å². The van der Waals surface area contributed by atoms with Gasteiger partial charge in [-0.1, -0.05) is 29.8 Å². The number of urea groups is 1. The Morgan fingerprint density at radius 3 is 2.47 bits per heavy atom. The lowest BCUT2D eigenvalue weighted by Gasteiger charge is -2.45. The highest BCUT2D eigenvalue weighted by molar-refractivity contribution is 6.30. The van der Waals surface area contributed by atoms with Gasteiger partial charge in [-0.15, -0.1) is 0 Å². The van der Waals surface area contributed by atoms with Crippen molar-refractivity contribution < 1.29 is 27.8 Å². The predicted molar refractivity (Wildman–Crippen MR) is 161 cm³/mol. The molecule has 3 unspecified atom stereocenters. The SMILES string of the molecule is COc1ccc(C23CCC(NC(=O)Nc4ccc(F)c(F)c4)CC2N(C(=O)CNCc2ccc(Cl)cc2)CC3)cc1OC. The van der Waals surface area contributed by atoms with E-state index in [1.807, 2.05) is 47.4 Å². The van der Waals surface area contributed by atoms with Crippen LogP contribution >= 0.6 is 11.6 Å². The Morgan fingerprint density at radius 1 is 0.977 bits per heavy atom. The highest BCUT2D eigenvalue weighted by Gasteiger charge is 2.53. The summed E-state index contributed by atoms with van der Waals surface area (Å²) >= 11 is 5.99. The summed E-state index contributed by atoms with van der Waals surface area (Å²) in [5.74, 6) is -0.805. The average molecular weight is 613 g/mol. The number of hydrogen-bond donors (Lipinski definition) is 3. The second-order valence-electron chi connectivity index (χ2n) is 11.0. The molecule has 43 heavy (non-hydrogen) atoms. The van der Waals surface area contributed by atoms with E-state index in [0.717, 1.165) is 36.1 Å². The summed E-state index contributed by atoms with van der Waals surface area (Å²) in [7, 11) is 3.19. The number of ether oxygens (including phenoxy) is 2. The standard InChI is InChI=1S/C32H35ClF2N4O4/c1-42-27-10-5-21(15-28(27)43-2)32-12-11-24(38-31(41)37-23-8-9-25(34)26(35)16-23)17-29(32)39(14-13-32)30(40)19-36-18-20-3-6-22(33)7-4-20/h3-10,15-16,24,29,36H,11-14,17-19H2,1-2H3,(H2,37,38,41). The van der Waals surface area contributed by atoms with Crippen molar-refractivity contribution in [1.82, 2.24) is 15.5 Å². The topological polar surface area (TPSA) is 91.9 Å². The van der Waals surface area contributed by atoms with Gasteiger partial charge >= 0.3 is 6.03 Å². The van der Waals surface area contributed by atoms with Gasteiger partial charge in [0.15, 0.2) is 23.1 Å². The Balaban J connectivity index is 1.33. The molecule has 0 radical (unpaired) electrons. The van der Waals surface area contributed by atoms with Gasteiger partial charge in [0, 0.05) is 47.4 Å². The fourth-order valence-electron chi connectivity index (χ4n) is 6.40. The maximum atomic E-state index is 13.6. The van der Waals surface area contributed by atoms with Crippen molar-refractivity contribution in [1.29, 1.82) is 0 Å². The van der Waals surface area contributed by atoms with Gasteiger partial charge in [-0.3, -0.25) is 4.79 Å². The zero-order valence-electron chi connectivity index (χ0n) is 24.1. The van der Waals surface area contributed by atoms with E-state index in [4.69, 9.17) is 21.1 Å². The molecule has 3 atom stereocenters. The summed E-state index contributed by atoms with van der Waals surface area (Å²) in [5.41, 5.74) is 1.90. The Bertz CT molecular complexity index is 1470. The third kappa shape index (κ3) is 6.70. The summed E-state index contributed by atoms with van der Waals surface area (Å²) in [5, 5.41) is 9.46. The molecule has 1 aliphatic carbocycles. The first-order valence-corrected chi connectivity index (χ1v) is 14.6. The molecule has 3 aromatic carbocycles. The molecule has 8 nitrogen and oxygen atoms in total. The smallest absolute Gasteiger partial charge is 0.319 e. The van der Waals surface area contributed by atoms with Crippen LogP contribution in [0.5, 0.6) is 11.5 Å². The van der Waals surface area contributed by atoms with E-state index in [9.17, 15) is 18.4 Å². The molecule has 0 aromatic heterocycles. The zero-order valence-corrected chi connectivity index (χ0v) is 24.8. The molecule has 11 heteroatoms. The number of nitrogens with zero attached hydrogens (tertiary/aromatic N) is 1. The number of amides is 3. The molecule has 0 bridgehead atoms. The summed E-state index contributed by atoms with van der Waals surface area (Å²) < 4.78 is 38.0. The van der Waals surface area contributed by atoms with Crippen molar-refractivity contribution in [3.8, 4) is 11.5 Å². The van der Waals surface area contributed by atoms with E-state index in [2.05, 4.69) is 16.0 Å². The van der Waals surface area contributed by atoms with E-state index in [1.54, 1.807) is 14.2 Å². The quantitative estimate of drug-likeness (QED) is 0.291. The Labute approximate surface area is 254 Å². The fraction of sp³-hybridized carbons (Fsp3) is 0.375. The number of hydrogen-bond acceptors (Lipinski definition) is 5. The molecule has 228 valence electrons. The summed E-state index contributed by atoms with van der Waals surface area (Å²) in [6.07, 6.45) is 2.70. The van der Waals surface area contributed by atoms with Gasteiger partial charge < -0.3 is 30.3 Å². The molecule has 2 aliphatic rings. The molecule has 3 amide bonds. The first-order valence-electron chi connectivity index (χ1n) is 14.2. The van der Waals surface area contributed by atoms with Crippen molar-refractivity contribution in [3.63, 3.8) is 0 Å². The number of fused-ring (bicyclic) bond motifs is 1. The van der Waals surface area contributed by atoms with Crippen LogP contribution in [-0.4, -0.2) is 56.2 Å². The molecule has 1 saturated heterocycles. The molecule has 1 saturated carbocycles. The summed E-state index contributed by atoms with van der Waals surface area (Å²) in [4.78, 5) is 28.3. The number of methoxy groups -OCH3 is 2. The van der Waals surface area contributed by atoms with Crippen LogP contribution in [0.1, 0.15) is 36.8 Å². The van der Waals surface area contributed by atoms with Crippen molar-refractivity contribution >= 4 is 29.2 Å². The highest BCUT2D eigenvalue weighted by Crippen LogP contribution is 2.50. The second kappa shape index (κ2) is 13.2. The van der Waals surface area contributed by atoms with Crippen molar-refractivity contribution in [2.75, 3.05) is 32.6 Å². The van der Waals surface area contributed by atoms with Crippen LogP contribution < -0.4 is 25.4 Å². The third-order valence-corrected chi connectivity index (χ3v) is 8.82. The number of rotatable bonds is 9. The van der Waals surface area contributed by atoms with Crippen molar-refractivity contribution in [2.24, 2.45) is 0 Å². The van der Waals surface area contributed by atoms with Crippen molar-refractivity contribution in [3.05, 3.63) is 88.4 Å². The predicted octanol–water partition coefficient (Wildman–Crippen LogP) is 5.64. The van der Waals surface area contributed by atoms with Gasteiger partial charge in [0.25, 0.3) is 0 Å². The third-order valence-electron chi connectivity index (χ3n) is 8.57. The highest BCUT2D eigenvalue weighted by atomic mass is 35.5. The number of benzene rings is 3. The van der Waals surface area contributed by atoms with E-state index in [1.165, 1.54) is 6.07 Å². The minimum atomic E-state index is -1.04. The lowest BCUT2D eigenvalue weighted by Crippen LogP contribution is -2.55. The van der Waals surface area contributed by atoms with E-state index in [0.29, 0.717) is 42.5 Å². The van der Waals surface area contributed by atoms with Gasteiger partial charge in [0.05, 0.1) is 20.8 Å². The number of carbonyl (C=O) groups is 2. The minimum absolute atomic E-state index is 0.0202. The van der Waals surface area contributed by atoms with Gasteiger partial charge in [0.1, 0.15) is 0 Å². The van der Waals surface area contributed by atoms with Crippen molar-refractivity contribution in [2.45, 2.75) is 49.7 Å². The van der Waals surface area contributed by atoms with E-state index >= 15 is 0 Å². The van der Waals surface area contributed by atoms with E-state index in [-0.39, 0.29) is 35.6 Å². The summed E-state index contributed by atoms with van der Waals surface area (Å²) in [6.45, 7) is 1.26. The van der Waals surface area contributed by atoms with Crippen LogP contribution in [0.25, 0.3) is 0 Å². The molecule has 3 N–H and O–H groups in total. The molecule has 1 aliphatic heterocycles. The molecule has 3 aromatic rings. The molecule has 5 rings (SSSR count). The number of likely N-dealkylation sites (tertiary alicyclic amines) is 1. The average Bonchev–Trinajstić information content (AvgIpc) is 3.39. The Hall–Kier alpha value is -3.89. The second-order valence-corrected chi connectivity index (χ2v) is 11.4. The maximum absolute atomic E-state index is 13.6. The largest absolute Gasteiger partial charge is 0.493 e. The zero-order chi connectivity index (χ0) is 30.6. The monoisotopic (exact) mass is 612 g/mol. The maximum Gasteiger partial charge on any atom is 0.319 e. The molecular weight excluding hydrogens is 578 g/mol. The summed E-state index contributed by atoms with van der Waals surface area (Å²) in [6, 6.07) is 15.6. The van der Waals surface area contributed by atoms with Crippen LogP contribution in [0.4, 0.5) is 19.3 Å². The number of carbonyl (C=O) groups excluding carboxylic acids is 2. The minimum Gasteiger partial charge on any atom is -0.493 e. The first kappa shape index (κ1) is 30.6. The van der Waals surface area contributed by atoms with E-state index < -0.39 is 17.7 Å².